The van der Waals surface area contributed by atoms with Gasteiger partial charge in [0.25, 0.3) is 0 Å². The first kappa shape index (κ1) is 69.4. The third-order valence-electron chi connectivity index (χ3n) is 15.5. The average molecular weight is 1230 g/mol. The molecule has 1 fully saturated rings. The topological polar surface area (TPSA) is 270 Å². The fraction of sp³-hybridized carbons (Fsp3) is 0.633. The summed E-state index contributed by atoms with van der Waals surface area (Å²) in [7, 11) is 6.17. The van der Waals surface area contributed by atoms with Gasteiger partial charge in [-0.3, -0.25) is 34.1 Å². The number of amides is 7. The number of nitrogens with one attached hydrogen (secondary N) is 4. The van der Waals surface area contributed by atoms with Crippen LogP contribution in [0, 0.1) is 29.6 Å². The van der Waals surface area contributed by atoms with Crippen LogP contribution >= 0.6 is 15.9 Å². The summed E-state index contributed by atoms with van der Waals surface area (Å²) in [5.41, 5.74) is 1.40. The molecule has 10 atom stereocenters. The molecule has 0 spiro atoms. The van der Waals surface area contributed by atoms with E-state index in [2.05, 4.69) is 37.2 Å². The Balaban J connectivity index is 1.46. The largest absolute Gasteiger partial charge is 0.472 e. The van der Waals surface area contributed by atoms with E-state index in [4.69, 9.17) is 28.4 Å². The van der Waals surface area contributed by atoms with Crippen LogP contribution in [0.3, 0.4) is 0 Å². The molecule has 2 heterocycles. The molecule has 0 aliphatic carbocycles. The highest BCUT2D eigenvalue weighted by atomic mass is 79.9. The summed E-state index contributed by atoms with van der Waals surface area (Å²) in [5, 5.41) is 21.9. The molecule has 22 nitrogen and oxygen atoms in total. The number of ether oxygens (including phenoxy) is 6. The van der Waals surface area contributed by atoms with E-state index in [1.165, 1.54) is 44.6 Å². The molecule has 1 saturated heterocycles. The molecule has 5 N–H and O–H groups in total. The first-order valence-corrected chi connectivity index (χ1v) is 29.8. The first-order valence-electron chi connectivity index (χ1n) is 28.7. The van der Waals surface area contributed by atoms with Crippen LogP contribution in [0.15, 0.2) is 60.6 Å². The molecule has 2 aromatic carbocycles. The summed E-state index contributed by atoms with van der Waals surface area (Å²) >= 11 is 3.07. The number of aliphatic hydroxyl groups is 1. The van der Waals surface area contributed by atoms with Crippen LogP contribution in [0.5, 0.6) is 0 Å². The molecular weight excluding hydrogens is 1140 g/mol. The highest BCUT2D eigenvalue weighted by Crippen LogP contribution is 2.32. The zero-order valence-corrected chi connectivity index (χ0v) is 52.0. The van der Waals surface area contributed by atoms with E-state index in [0.717, 1.165) is 0 Å². The number of hydrogen-bond acceptors (Lipinski definition) is 15. The molecule has 83 heavy (non-hydrogen) atoms. The molecule has 2 aliphatic rings. The molecule has 7 amide bonds. The number of carbonyl (C=O) groups is 8. The summed E-state index contributed by atoms with van der Waals surface area (Å²) in [6, 6.07) is 11.1. The van der Waals surface area contributed by atoms with Crippen LogP contribution < -0.4 is 21.3 Å². The van der Waals surface area contributed by atoms with E-state index >= 15 is 0 Å². The van der Waals surface area contributed by atoms with E-state index < -0.39 is 78.3 Å². The standard InChI is InChI=1S/C60H90BrN7O15/c1-13-38(6)54(49(78-11)31-52(72)68-27-17-22-47(68)56(79-12)39(7)57(74)63-40(8)55(73)42-19-15-14-16-20-42)66(9)58(75)44(36(2)3)30-48(69)53(37(4)5)67(10)60(77)82-33-41-23-24-45(46(29-41)64-50(70)25-26-62-51(71)32-61)65-59(76)83-43-21-18-28-80-35-81-34-43/h14-16,19-20,23-24,29,34,36-40,44,47,49,53-56,73H,13,17-18,21-22,25-28,30-33,35H2,1-12H3,(H,62,71)(H,63,74)(H,64,70)(H,65,76)/b43-34+/t38-,39+,40+,44-,47-,49+,53-,54-,55+,56+/m0/s1. The van der Waals surface area contributed by atoms with Gasteiger partial charge in [-0.1, -0.05) is 107 Å². The number of anilines is 2. The highest BCUT2D eigenvalue weighted by molar-refractivity contribution is 9.09. The van der Waals surface area contributed by atoms with Crippen molar-refractivity contribution in [2.45, 2.75) is 156 Å². The third kappa shape index (κ3) is 20.6. The van der Waals surface area contributed by atoms with Gasteiger partial charge in [0.1, 0.15) is 18.6 Å². The normalized spacial score (nSPS) is 18.4. The van der Waals surface area contributed by atoms with E-state index in [-0.39, 0.29) is 103 Å². The number of methoxy groups -OCH3 is 2. The van der Waals surface area contributed by atoms with Gasteiger partial charge in [-0.2, -0.15) is 0 Å². The van der Waals surface area contributed by atoms with Gasteiger partial charge in [-0.15, -0.1) is 0 Å². The lowest BCUT2D eigenvalue weighted by Crippen LogP contribution is -2.55. The van der Waals surface area contributed by atoms with Gasteiger partial charge in [0.2, 0.25) is 29.5 Å². The summed E-state index contributed by atoms with van der Waals surface area (Å²) in [6.45, 7) is 15.4. The highest BCUT2D eigenvalue weighted by Gasteiger charge is 2.44. The SMILES string of the molecule is CC[C@H](C)[C@@H]([C@@H](CC(=O)N1CCC[C@H]1[C@H](OC)[C@@H](C)C(=O)N[C@H](C)[C@@H](O)c1ccccc1)OC)N(C)C(=O)[C@@H](CC(=O)[C@H](C(C)C)N(C)C(=O)OCc1ccc(NC(=O)O/C2=C/OCOCCC2)c(NC(=O)CCNC(=O)CBr)c1)C(C)C. The lowest BCUT2D eigenvalue weighted by molar-refractivity contribution is -0.149. The van der Waals surface area contributed by atoms with Gasteiger partial charge in [0.15, 0.2) is 12.6 Å². The Morgan fingerprint density at radius 2 is 1.57 bits per heavy atom. The van der Waals surface area contributed by atoms with Crippen LogP contribution in [0.1, 0.15) is 124 Å². The number of hydrogen-bond donors (Lipinski definition) is 5. The van der Waals surface area contributed by atoms with E-state index in [1.54, 1.807) is 62.7 Å². The zero-order chi connectivity index (χ0) is 61.5. The maximum Gasteiger partial charge on any atom is 0.416 e. The number of likely N-dealkylation sites (tertiary alicyclic amines) is 1. The van der Waals surface area contributed by atoms with Crippen LogP contribution in [0.4, 0.5) is 21.0 Å². The van der Waals surface area contributed by atoms with E-state index in [9.17, 15) is 43.5 Å². The second kappa shape index (κ2) is 34.6. The lowest BCUT2D eigenvalue weighted by Gasteiger charge is -2.41. The van der Waals surface area contributed by atoms with Crippen molar-refractivity contribution in [3.05, 3.63) is 71.7 Å². The fourth-order valence-electron chi connectivity index (χ4n) is 10.7. The van der Waals surface area contributed by atoms with Gasteiger partial charge in [0, 0.05) is 66.6 Å². The van der Waals surface area contributed by atoms with Crippen LogP contribution in [-0.2, 0) is 63.8 Å². The number of likely N-dealkylation sites (N-methyl/N-ethyl adjacent to an activating group) is 2. The number of Topliss-reactive ketones (excluding diaryl/α,β-unsaturated/α-hetero) is 1. The van der Waals surface area contributed by atoms with Gasteiger partial charge in [0.05, 0.1) is 78.1 Å². The maximum atomic E-state index is 14.9. The Bertz CT molecular complexity index is 2500. The van der Waals surface area contributed by atoms with Gasteiger partial charge < -0.3 is 64.2 Å². The molecule has 2 aliphatic heterocycles. The number of carbonyl (C=O) groups excluding carboxylic acids is 8. The first-order chi connectivity index (χ1) is 39.5. The van der Waals surface area contributed by atoms with Crippen molar-refractivity contribution in [2.75, 3.05) is 70.8 Å². The predicted octanol–water partition coefficient (Wildman–Crippen LogP) is 7.68. The molecule has 0 saturated carbocycles. The number of aliphatic hydroxyl groups excluding tert-OH is 1. The number of nitrogens with zero attached hydrogens (tertiary/aromatic N) is 3. The number of allylic oxidation sites excluding steroid dienone is 1. The Morgan fingerprint density at radius 1 is 0.855 bits per heavy atom. The average Bonchev–Trinajstić information content (AvgIpc) is 4.15. The van der Waals surface area contributed by atoms with Crippen molar-refractivity contribution >= 4 is 74.8 Å². The second-order valence-electron chi connectivity index (χ2n) is 22.2. The van der Waals surface area contributed by atoms with Crippen molar-refractivity contribution in [1.29, 1.82) is 0 Å². The predicted molar refractivity (Wildman–Crippen MR) is 315 cm³/mol. The number of halogens is 1. The van der Waals surface area contributed by atoms with Gasteiger partial charge >= 0.3 is 12.2 Å². The van der Waals surface area contributed by atoms with Gasteiger partial charge in [-0.05, 0) is 67.2 Å². The Labute approximate surface area is 497 Å². The Morgan fingerprint density at radius 3 is 2.20 bits per heavy atom. The number of ketones is 1. The molecule has 0 aromatic heterocycles. The molecule has 0 unspecified atom stereocenters. The van der Waals surface area contributed by atoms with Gasteiger partial charge in [-0.25, -0.2) is 9.59 Å². The minimum atomic E-state index is -0.998. The number of alkyl halides is 1. The molecule has 23 heteroatoms. The van der Waals surface area contributed by atoms with Crippen LogP contribution in [-0.4, -0.2) is 164 Å². The van der Waals surface area contributed by atoms with E-state index in [1.807, 2.05) is 45.9 Å². The molecule has 4 rings (SSSR count). The molecular formula is C60H90BrN7O15. The maximum absolute atomic E-state index is 14.9. The zero-order valence-electron chi connectivity index (χ0n) is 50.4. The third-order valence-corrected chi connectivity index (χ3v) is 16.0. The van der Waals surface area contributed by atoms with Crippen LogP contribution in [0.2, 0.25) is 0 Å². The fourth-order valence-corrected chi connectivity index (χ4v) is 10.9. The van der Waals surface area contributed by atoms with Crippen molar-refractivity contribution in [2.24, 2.45) is 29.6 Å². The summed E-state index contributed by atoms with van der Waals surface area (Å²) in [4.78, 5) is 114. The second-order valence-corrected chi connectivity index (χ2v) is 22.7. The lowest BCUT2D eigenvalue weighted by atomic mass is 9.83. The Kier molecular flexibility index (Phi) is 28.9. The van der Waals surface area contributed by atoms with Crippen molar-refractivity contribution in [3.8, 4) is 0 Å². The molecule has 2 aromatic rings. The van der Waals surface area contributed by atoms with Crippen molar-refractivity contribution < 1.29 is 71.9 Å². The molecule has 0 radical (unpaired) electrons. The smallest absolute Gasteiger partial charge is 0.416 e. The van der Waals surface area contributed by atoms with Crippen molar-refractivity contribution in [1.82, 2.24) is 25.3 Å². The quantitative estimate of drug-likeness (QED) is 0.0469. The molecule has 462 valence electrons. The molecule has 0 bridgehead atoms. The minimum Gasteiger partial charge on any atom is -0.472 e. The monoisotopic (exact) mass is 1230 g/mol. The minimum absolute atomic E-state index is 0.00611. The van der Waals surface area contributed by atoms with Crippen LogP contribution in [0.25, 0.3) is 0 Å². The summed E-state index contributed by atoms with van der Waals surface area (Å²) in [5.74, 6) is -4.07. The Hall–Kier alpha value is -6.14. The summed E-state index contributed by atoms with van der Waals surface area (Å²) in [6.07, 6.45) is -0.175. The summed E-state index contributed by atoms with van der Waals surface area (Å²) < 4.78 is 33.8. The number of benzene rings is 2. The van der Waals surface area contributed by atoms with Crippen molar-refractivity contribution in [3.63, 3.8) is 0 Å². The van der Waals surface area contributed by atoms with E-state index in [0.29, 0.717) is 56.4 Å². The number of rotatable bonds is 30.